The van der Waals surface area contributed by atoms with Gasteiger partial charge in [0.05, 0.1) is 18.3 Å². The fourth-order valence-electron chi connectivity index (χ4n) is 1.27. The summed E-state index contributed by atoms with van der Waals surface area (Å²) < 4.78 is 9.98. The number of carbonyl (C=O) groups is 2. The smallest absolute Gasteiger partial charge is 0.408 e. The largest absolute Gasteiger partial charge is 0.548 e. The van der Waals surface area contributed by atoms with Crippen LogP contribution in [0.3, 0.4) is 0 Å². The first kappa shape index (κ1) is 14.1. The highest BCUT2D eigenvalue weighted by atomic mass is 16.6. The number of nitrogens with one attached hydrogen (secondary N) is 1. The molecule has 1 N–H and O–H groups in total. The van der Waals surface area contributed by atoms with Gasteiger partial charge in [-0.15, -0.1) is 0 Å². The number of furan rings is 1. The molecule has 1 atom stereocenters. The van der Waals surface area contributed by atoms with Gasteiger partial charge in [0, 0.05) is 6.42 Å². The normalized spacial score (nSPS) is 12.8. The Hall–Kier alpha value is -1.98. The minimum atomic E-state index is -1.39. The molecular weight excluding hydrogens is 238 g/mol. The predicted octanol–water partition coefficient (Wildman–Crippen LogP) is 0.465. The third-order valence-corrected chi connectivity index (χ3v) is 1.96. The second-order valence-electron chi connectivity index (χ2n) is 4.80. The van der Waals surface area contributed by atoms with Crippen molar-refractivity contribution < 1.29 is 23.8 Å². The van der Waals surface area contributed by atoms with Crippen molar-refractivity contribution in [2.45, 2.75) is 38.8 Å². The third-order valence-electron chi connectivity index (χ3n) is 1.96. The van der Waals surface area contributed by atoms with E-state index in [1.54, 1.807) is 32.9 Å². The molecule has 1 heterocycles. The van der Waals surface area contributed by atoms with Gasteiger partial charge in [0.1, 0.15) is 11.4 Å². The zero-order valence-electron chi connectivity index (χ0n) is 10.6. The van der Waals surface area contributed by atoms with Crippen LogP contribution in [0.15, 0.2) is 22.8 Å². The topological polar surface area (TPSA) is 91.6 Å². The van der Waals surface area contributed by atoms with Gasteiger partial charge < -0.3 is 24.4 Å². The Bertz CT molecular complexity index is 405. The molecule has 0 radical (unpaired) electrons. The number of alkyl carbamates (subject to hydrolysis) is 1. The van der Waals surface area contributed by atoms with E-state index in [0.29, 0.717) is 5.76 Å². The van der Waals surface area contributed by atoms with Crippen molar-refractivity contribution in [2.24, 2.45) is 0 Å². The fourth-order valence-corrected chi connectivity index (χ4v) is 1.27. The molecule has 1 aromatic rings. The summed E-state index contributed by atoms with van der Waals surface area (Å²) in [6.45, 7) is 5.06. The first-order valence-corrected chi connectivity index (χ1v) is 5.50. The molecule has 0 saturated carbocycles. The van der Waals surface area contributed by atoms with E-state index in [2.05, 4.69) is 5.32 Å². The molecule has 1 amide bonds. The number of ether oxygens (including phenoxy) is 1. The maximum atomic E-state index is 11.4. The minimum absolute atomic E-state index is 0.00851. The Balaban J connectivity index is 2.58. The second-order valence-corrected chi connectivity index (χ2v) is 4.80. The predicted molar refractivity (Wildman–Crippen MR) is 60.6 cm³/mol. The van der Waals surface area contributed by atoms with Crippen molar-refractivity contribution in [3.05, 3.63) is 24.2 Å². The lowest BCUT2D eigenvalue weighted by atomic mass is 10.1. The molecule has 0 aliphatic carbocycles. The van der Waals surface area contributed by atoms with E-state index in [9.17, 15) is 14.7 Å². The molecule has 0 bridgehead atoms. The van der Waals surface area contributed by atoms with Crippen LogP contribution in [-0.2, 0) is 16.0 Å². The summed E-state index contributed by atoms with van der Waals surface area (Å²) in [5, 5.41) is 13.1. The van der Waals surface area contributed by atoms with Crippen molar-refractivity contribution in [1.29, 1.82) is 0 Å². The van der Waals surface area contributed by atoms with E-state index in [1.807, 2.05) is 0 Å². The maximum absolute atomic E-state index is 11.4. The Morgan fingerprint density at radius 3 is 2.61 bits per heavy atom. The molecule has 0 saturated heterocycles. The van der Waals surface area contributed by atoms with Crippen LogP contribution in [-0.4, -0.2) is 23.7 Å². The Morgan fingerprint density at radius 2 is 2.17 bits per heavy atom. The van der Waals surface area contributed by atoms with Crippen molar-refractivity contribution >= 4 is 12.1 Å². The number of hydrogen-bond acceptors (Lipinski definition) is 5. The molecule has 1 rings (SSSR count). The standard InChI is InChI=1S/C12H17NO5/c1-12(2,3)18-11(16)13-9(10(14)15)7-8-5-4-6-17-8/h4-6,9H,7H2,1-3H3,(H,13,16)(H,14,15)/p-1/t9-/m0/s1. The molecule has 18 heavy (non-hydrogen) atoms. The van der Waals surface area contributed by atoms with Crippen LogP contribution in [0.25, 0.3) is 0 Å². The highest BCUT2D eigenvalue weighted by molar-refractivity contribution is 5.78. The molecule has 100 valence electrons. The number of amides is 1. The second kappa shape index (κ2) is 5.57. The van der Waals surface area contributed by atoms with Gasteiger partial charge in [-0.05, 0) is 32.9 Å². The van der Waals surface area contributed by atoms with Crippen molar-refractivity contribution in [2.75, 3.05) is 0 Å². The lowest BCUT2D eigenvalue weighted by Crippen LogP contribution is -2.50. The molecule has 0 spiro atoms. The summed E-state index contributed by atoms with van der Waals surface area (Å²) >= 11 is 0. The quantitative estimate of drug-likeness (QED) is 0.843. The summed E-state index contributed by atoms with van der Waals surface area (Å²) in [6, 6.07) is 2.06. The first-order valence-electron chi connectivity index (χ1n) is 5.50. The molecule has 6 heteroatoms. The third kappa shape index (κ3) is 4.90. The summed E-state index contributed by atoms with van der Waals surface area (Å²) in [6.07, 6.45) is 0.632. The van der Waals surface area contributed by atoms with Gasteiger partial charge in [0.25, 0.3) is 0 Å². The summed E-state index contributed by atoms with van der Waals surface area (Å²) in [7, 11) is 0. The Morgan fingerprint density at radius 1 is 1.50 bits per heavy atom. The van der Waals surface area contributed by atoms with Gasteiger partial charge in [0.2, 0.25) is 0 Å². The molecule has 1 aromatic heterocycles. The summed E-state index contributed by atoms with van der Waals surface area (Å²) in [5.41, 5.74) is -0.689. The number of carboxylic acids is 1. The van der Waals surface area contributed by atoms with E-state index in [-0.39, 0.29) is 6.42 Å². The van der Waals surface area contributed by atoms with Crippen molar-refractivity contribution in [1.82, 2.24) is 5.32 Å². The fraction of sp³-hybridized carbons (Fsp3) is 0.500. The zero-order chi connectivity index (χ0) is 13.8. The average molecular weight is 254 g/mol. The summed E-state index contributed by atoms with van der Waals surface area (Å²) in [4.78, 5) is 22.4. The highest BCUT2D eigenvalue weighted by Gasteiger charge is 2.21. The number of rotatable bonds is 4. The number of aliphatic carboxylic acids is 1. The van der Waals surface area contributed by atoms with Crippen LogP contribution in [0.2, 0.25) is 0 Å². The van der Waals surface area contributed by atoms with Crippen molar-refractivity contribution in [3.8, 4) is 0 Å². The molecule has 0 fully saturated rings. The molecule has 0 unspecified atom stereocenters. The van der Waals surface area contributed by atoms with Gasteiger partial charge in [-0.2, -0.15) is 0 Å². The Kier molecular flexibility index (Phi) is 4.36. The van der Waals surface area contributed by atoms with Crippen LogP contribution in [0.1, 0.15) is 26.5 Å². The maximum Gasteiger partial charge on any atom is 0.408 e. The number of hydrogen-bond donors (Lipinski definition) is 1. The molecule has 0 aliphatic heterocycles. The molecule has 6 nitrogen and oxygen atoms in total. The minimum Gasteiger partial charge on any atom is -0.548 e. The van der Waals surface area contributed by atoms with Gasteiger partial charge in [0.15, 0.2) is 0 Å². The lowest BCUT2D eigenvalue weighted by Gasteiger charge is -2.23. The van der Waals surface area contributed by atoms with Gasteiger partial charge in [-0.3, -0.25) is 0 Å². The number of carbonyl (C=O) groups excluding carboxylic acids is 2. The monoisotopic (exact) mass is 254 g/mol. The molecule has 0 aliphatic rings. The highest BCUT2D eigenvalue weighted by Crippen LogP contribution is 2.08. The van der Waals surface area contributed by atoms with Crippen LogP contribution >= 0.6 is 0 Å². The lowest BCUT2D eigenvalue weighted by molar-refractivity contribution is -0.308. The first-order chi connectivity index (χ1) is 8.28. The van der Waals surface area contributed by atoms with Gasteiger partial charge in [-0.25, -0.2) is 4.79 Å². The molecule has 0 aromatic carbocycles. The van der Waals surface area contributed by atoms with Gasteiger partial charge in [-0.1, -0.05) is 0 Å². The van der Waals surface area contributed by atoms with E-state index in [0.717, 1.165) is 0 Å². The van der Waals surface area contributed by atoms with Crippen LogP contribution in [0.5, 0.6) is 0 Å². The van der Waals surface area contributed by atoms with Crippen LogP contribution in [0.4, 0.5) is 4.79 Å². The van der Waals surface area contributed by atoms with Crippen LogP contribution in [0, 0.1) is 0 Å². The number of carboxylic acid groups (broad SMARTS) is 1. The van der Waals surface area contributed by atoms with Crippen molar-refractivity contribution in [3.63, 3.8) is 0 Å². The SMILES string of the molecule is CC(C)(C)OC(=O)N[C@@H](Cc1ccco1)C(=O)[O-]. The molecular formula is C12H16NO5-. The zero-order valence-corrected chi connectivity index (χ0v) is 10.6. The van der Waals surface area contributed by atoms with E-state index < -0.39 is 23.7 Å². The Labute approximate surface area is 105 Å². The van der Waals surface area contributed by atoms with Gasteiger partial charge >= 0.3 is 6.09 Å². The van der Waals surface area contributed by atoms with E-state index in [1.165, 1.54) is 6.26 Å². The van der Waals surface area contributed by atoms with E-state index >= 15 is 0 Å². The van der Waals surface area contributed by atoms with E-state index in [4.69, 9.17) is 9.15 Å². The average Bonchev–Trinajstić information content (AvgIpc) is 2.66. The van der Waals surface area contributed by atoms with Crippen LogP contribution < -0.4 is 10.4 Å². The summed E-state index contributed by atoms with van der Waals surface area (Å²) in [5.74, 6) is -0.947.